The van der Waals surface area contributed by atoms with E-state index < -0.39 is 11.9 Å². The molecule has 0 amide bonds. The van der Waals surface area contributed by atoms with Crippen molar-refractivity contribution in [1.82, 2.24) is 4.98 Å². The zero-order chi connectivity index (χ0) is 12.4. The number of aromatic nitrogens is 1. The molecule has 2 heterocycles. The second-order valence-corrected chi connectivity index (χ2v) is 3.34. The van der Waals surface area contributed by atoms with Crippen LogP contribution < -0.4 is 0 Å². The van der Waals surface area contributed by atoms with Crippen molar-refractivity contribution in [2.45, 2.75) is 0 Å². The van der Waals surface area contributed by atoms with E-state index in [0.717, 1.165) is 0 Å². The van der Waals surface area contributed by atoms with Crippen LogP contribution in [0.3, 0.4) is 0 Å². The Kier molecular flexibility index (Phi) is 2.61. The maximum atomic E-state index is 10.6. The Morgan fingerprint density at radius 3 is 2.47 bits per heavy atom. The summed E-state index contributed by atoms with van der Waals surface area (Å²) < 4.78 is 0. The van der Waals surface area contributed by atoms with Gasteiger partial charge in [-0.15, -0.1) is 0 Å². The first kappa shape index (κ1) is 10.9. The van der Waals surface area contributed by atoms with E-state index in [1.807, 2.05) is 0 Å². The summed E-state index contributed by atoms with van der Waals surface area (Å²) in [7, 11) is 0. The van der Waals surface area contributed by atoms with Crippen molar-refractivity contribution < 1.29 is 19.8 Å². The second kappa shape index (κ2) is 4.09. The first-order valence-corrected chi connectivity index (χ1v) is 4.70. The second-order valence-electron chi connectivity index (χ2n) is 3.34. The summed E-state index contributed by atoms with van der Waals surface area (Å²) >= 11 is 0. The molecule has 0 radical (unpaired) electrons. The van der Waals surface area contributed by atoms with Crippen LogP contribution >= 0.6 is 0 Å². The molecule has 1 aliphatic rings. The number of allylic oxidation sites excluding steroid dienone is 1. The number of H-pyrrole nitrogens is 1. The molecule has 0 fully saturated rings. The molecule has 0 spiro atoms. The average Bonchev–Trinajstić information content (AvgIpc) is 2.87. The predicted octanol–water partition coefficient (Wildman–Crippen LogP) is 1.15. The smallest absolute Gasteiger partial charge is 0.354 e. The number of nitrogens with zero attached hydrogens (tertiary/aromatic N) is 1. The van der Waals surface area contributed by atoms with E-state index in [2.05, 4.69) is 9.98 Å². The lowest BCUT2D eigenvalue weighted by atomic mass is 10.3. The van der Waals surface area contributed by atoms with Crippen LogP contribution in [-0.2, 0) is 4.79 Å². The zero-order valence-corrected chi connectivity index (χ0v) is 8.54. The van der Waals surface area contributed by atoms with Gasteiger partial charge in [0.05, 0.1) is 5.70 Å². The lowest BCUT2D eigenvalue weighted by Crippen LogP contribution is -2.06. The number of hydrogen-bond donors (Lipinski definition) is 3. The first-order valence-electron chi connectivity index (χ1n) is 4.70. The average molecular weight is 232 g/mol. The van der Waals surface area contributed by atoms with Crippen LogP contribution in [0.15, 0.2) is 35.0 Å². The van der Waals surface area contributed by atoms with Gasteiger partial charge in [-0.2, -0.15) is 0 Å². The highest BCUT2D eigenvalue weighted by atomic mass is 16.4. The molecule has 0 aromatic carbocycles. The quantitative estimate of drug-likeness (QED) is 0.727. The molecule has 3 N–H and O–H groups in total. The molecule has 0 aliphatic carbocycles. The fourth-order valence-electron chi connectivity index (χ4n) is 1.36. The number of aliphatic imine (C=N–C) groups is 1. The highest BCUT2D eigenvalue weighted by molar-refractivity contribution is 6.41. The van der Waals surface area contributed by atoms with Crippen LogP contribution in [0.5, 0.6) is 0 Å². The van der Waals surface area contributed by atoms with Crippen LogP contribution in [0.25, 0.3) is 6.08 Å². The standard InChI is InChI=1S/C11H8N2O4/c14-10(15)8-3-1-6(12-8)5-7-2-4-9(13-7)11(16)17/h1-5,12H,(H,14,15)(H,16,17)/b7-5-. The third-order valence-electron chi connectivity index (χ3n) is 2.12. The van der Waals surface area contributed by atoms with Gasteiger partial charge in [-0.3, -0.25) is 0 Å². The van der Waals surface area contributed by atoms with Gasteiger partial charge in [0, 0.05) is 5.69 Å². The topological polar surface area (TPSA) is 103 Å². The van der Waals surface area contributed by atoms with E-state index in [4.69, 9.17) is 10.2 Å². The summed E-state index contributed by atoms with van der Waals surface area (Å²) in [6.07, 6.45) is 4.50. The van der Waals surface area contributed by atoms with Crippen molar-refractivity contribution in [3.8, 4) is 0 Å². The first-order chi connectivity index (χ1) is 8.06. The molecule has 0 bridgehead atoms. The van der Waals surface area contributed by atoms with E-state index in [1.54, 1.807) is 18.2 Å². The van der Waals surface area contributed by atoms with Crippen LogP contribution in [0.1, 0.15) is 16.2 Å². The SMILES string of the molecule is O=C(O)C1=N/C(=C\c2ccc(C(=O)O)[nH]2)C=C1. The van der Waals surface area contributed by atoms with Gasteiger partial charge in [-0.1, -0.05) is 0 Å². The lowest BCUT2D eigenvalue weighted by molar-refractivity contribution is -0.129. The van der Waals surface area contributed by atoms with Gasteiger partial charge in [-0.05, 0) is 30.4 Å². The lowest BCUT2D eigenvalue weighted by Gasteiger charge is -1.90. The molecular formula is C11H8N2O4. The molecule has 1 aliphatic heterocycles. The van der Waals surface area contributed by atoms with E-state index in [0.29, 0.717) is 11.4 Å². The highest BCUT2D eigenvalue weighted by Gasteiger charge is 2.11. The number of aromatic carboxylic acids is 1. The monoisotopic (exact) mass is 232 g/mol. The van der Waals surface area contributed by atoms with Crippen molar-refractivity contribution in [3.05, 3.63) is 41.4 Å². The third kappa shape index (κ3) is 2.31. The number of nitrogens with one attached hydrogen (secondary N) is 1. The molecular weight excluding hydrogens is 224 g/mol. The van der Waals surface area contributed by atoms with Gasteiger partial charge >= 0.3 is 11.9 Å². The summed E-state index contributed by atoms with van der Waals surface area (Å²) in [5.74, 6) is -2.14. The molecule has 0 unspecified atom stereocenters. The summed E-state index contributed by atoms with van der Waals surface area (Å²) in [5, 5.41) is 17.4. The summed E-state index contributed by atoms with van der Waals surface area (Å²) in [4.78, 5) is 27.7. The Hall–Kier alpha value is -2.63. The summed E-state index contributed by atoms with van der Waals surface area (Å²) in [6, 6.07) is 3.01. The minimum absolute atomic E-state index is 0.0405. The molecule has 1 aromatic heterocycles. The Morgan fingerprint density at radius 1 is 1.18 bits per heavy atom. The van der Waals surface area contributed by atoms with Crippen LogP contribution in [0, 0.1) is 0 Å². The molecule has 0 atom stereocenters. The molecule has 0 saturated carbocycles. The van der Waals surface area contributed by atoms with Crippen molar-refractivity contribution in [2.24, 2.45) is 4.99 Å². The van der Waals surface area contributed by atoms with Gasteiger partial charge in [0.2, 0.25) is 0 Å². The van der Waals surface area contributed by atoms with E-state index >= 15 is 0 Å². The molecule has 1 aromatic rings. The zero-order valence-electron chi connectivity index (χ0n) is 8.54. The maximum Gasteiger partial charge on any atom is 0.354 e. The number of aliphatic carboxylic acids is 1. The molecule has 0 saturated heterocycles. The Morgan fingerprint density at radius 2 is 1.94 bits per heavy atom. The van der Waals surface area contributed by atoms with Crippen molar-refractivity contribution in [1.29, 1.82) is 0 Å². The Bertz CT molecular complexity index is 578. The van der Waals surface area contributed by atoms with Crippen LogP contribution in [-0.4, -0.2) is 32.8 Å². The highest BCUT2D eigenvalue weighted by Crippen LogP contribution is 2.14. The van der Waals surface area contributed by atoms with Crippen LogP contribution in [0.2, 0.25) is 0 Å². The number of hydrogen-bond acceptors (Lipinski definition) is 3. The van der Waals surface area contributed by atoms with E-state index in [1.165, 1.54) is 12.1 Å². The van der Waals surface area contributed by atoms with Crippen molar-refractivity contribution in [3.63, 3.8) is 0 Å². The number of carbonyl (C=O) groups is 2. The largest absolute Gasteiger partial charge is 0.477 e. The maximum absolute atomic E-state index is 10.6. The van der Waals surface area contributed by atoms with Gasteiger partial charge in [-0.25, -0.2) is 14.6 Å². The minimum atomic E-state index is -1.10. The minimum Gasteiger partial charge on any atom is -0.477 e. The normalized spacial score (nSPS) is 16.2. The number of carboxylic acids is 2. The van der Waals surface area contributed by atoms with Gasteiger partial charge in [0.1, 0.15) is 11.4 Å². The molecule has 6 heteroatoms. The summed E-state index contributed by atoms with van der Waals surface area (Å²) in [5.41, 5.74) is 1.04. The van der Waals surface area contributed by atoms with Gasteiger partial charge < -0.3 is 15.2 Å². The van der Waals surface area contributed by atoms with Gasteiger partial charge in [0.15, 0.2) is 0 Å². The Balaban J connectivity index is 2.24. The third-order valence-corrected chi connectivity index (χ3v) is 2.12. The molecule has 2 rings (SSSR count). The molecule has 6 nitrogen and oxygen atoms in total. The van der Waals surface area contributed by atoms with Crippen LogP contribution in [0.4, 0.5) is 0 Å². The molecule has 17 heavy (non-hydrogen) atoms. The Labute approximate surface area is 95.6 Å². The number of aromatic amines is 1. The number of carboxylic acid groups (broad SMARTS) is 2. The summed E-state index contributed by atoms with van der Waals surface area (Å²) in [6.45, 7) is 0. The van der Waals surface area contributed by atoms with Crippen molar-refractivity contribution >= 4 is 23.7 Å². The van der Waals surface area contributed by atoms with E-state index in [-0.39, 0.29) is 11.4 Å². The van der Waals surface area contributed by atoms with E-state index in [9.17, 15) is 9.59 Å². The number of rotatable bonds is 3. The van der Waals surface area contributed by atoms with Gasteiger partial charge in [0.25, 0.3) is 0 Å². The fourth-order valence-corrected chi connectivity index (χ4v) is 1.36. The van der Waals surface area contributed by atoms with Crippen molar-refractivity contribution in [2.75, 3.05) is 0 Å². The fraction of sp³-hybridized carbons (Fsp3) is 0. The predicted molar refractivity (Wildman–Crippen MR) is 59.9 cm³/mol. The molecule has 86 valence electrons.